The van der Waals surface area contributed by atoms with Gasteiger partial charge in [0, 0.05) is 25.8 Å². The minimum Gasteiger partial charge on any atom is -0.484 e. The van der Waals surface area contributed by atoms with Crippen molar-refractivity contribution in [2.45, 2.75) is 13.0 Å². The predicted molar refractivity (Wildman–Crippen MR) is 102 cm³/mol. The van der Waals surface area contributed by atoms with Crippen LogP contribution in [-0.4, -0.2) is 48.8 Å². The summed E-state index contributed by atoms with van der Waals surface area (Å²) >= 11 is 0. The van der Waals surface area contributed by atoms with Crippen molar-refractivity contribution in [1.29, 1.82) is 0 Å². The summed E-state index contributed by atoms with van der Waals surface area (Å²) in [4.78, 5) is 6.75. The second kappa shape index (κ2) is 7.25. The first-order valence-electron chi connectivity index (χ1n) is 9.38. The monoisotopic (exact) mass is 353 g/mol. The van der Waals surface area contributed by atoms with Gasteiger partial charge in [-0.3, -0.25) is 4.90 Å². The normalized spacial score (nSPS) is 30.5. The molecule has 4 atom stereocenters. The van der Waals surface area contributed by atoms with Gasteiger partial charge in [-0.1, -0.05) is 24.8 Å². The number of hydrogen-bond acceptors (Lipinski definition) is 5. The lowest BCUT2D eigenvalue weighted by molar-refractivity contribution is 0.111. The summed E-state index contributed by atoms with van der Waals surface area (Å²) < 4.78 is 11.6. The minimum absolute atomic E-state index is 0.198. The molecular weight excluding hydrogens is 326 g/mol. The van der Waals surface area contributed by atoms with Crippen LogP contribution in [-0.2, 0) is 0 Å². The van der Waals surface area contributed by atoms with Crippen LogP contribution in [0.2, 0.25) is 0 Å². The Labute approximate surface area is 155 Å². The summed E-state index contributed by atoms with van der Waals surface area (Å²) in [6.07, 6.45) is 7.86. The van der Waals surface area contributed by atoms with E-state index in [1.54, 1.807) is 6.20 Å². The highest BCUT2D eigenvalue weighted by molar-refractivity contribution is 5.37. The molecule has 2 aliphatic heterocycles. The molecule has 5 nitrogen and oxygen atoms in total. The van der Waals surface area contributed by atoms with Gasteiger partial charge in [0.2, 0.25) is 0 Å². The molecule has 0 spiro atoms. The Hall–Kier alpha value is -2.11. The molecule has 26 heavy (non-hydrogen) atoms. The fourth-order valence-corrected chi connectivity index (χ4v) is 4.13. The molecule has 4 rings (SSSR count). The van der Waals surface area contributed by atoms with E-state index < -0.39 is 0 Å². The highest BCUT2D eigenvalue weighted by Crippen LogP contribution is 2.50. The number of hydrogen-bond donors (Lipinski definition) is 1. The van der Waals surface area contributed by atoms with E-state index in [-0.39, 0.29) is 6.10 Å². The number of rotatable bonds is 6. The number of likely N-dealkylation sites (tertiary alicyclic amines) is 1. The van der Waals surface area contributed by atoms with Gasteiger partial charge in [-0.15, -0.1) is 0 Å². The third-order valence-electron chi connectivity index (χ3n) is 5.80. The maximum absolute atomic E-state index is 5.91. The molecule has 1 unspecified atom stereocenters. The summed E-state index contributed by atoms with van der Waals surface area (Å²) in [5, 5.41) is 0. The Kier molecular flexibility index (Phi) is 4.83. The molecule has 1 saturated carbocycles. The SMILES string of the molecule is C=C(/C=C\C(=C/C)CN1C[C@@H]2C(CN)[C@@H]2C1)[C@H]1COc2cccnc2O1. The molecule has 1 saturated heterocycles. The molecule has 1 aromatic heterocycles. The van der Waals surface area contributed by atoms with E-state index >= 15 is 0 Å². The minimum atomic E-state index is -0.198. The van der Waals surface area contributed by atoms with Gasteiger partial charge in [0.25, 0.3) is 5.88 Å². The van der Waals surface area contributed by atoms with Gasteiger partial charge in [0.1, 0.15) is 6.61 Å². The van der Waals surface area contributed by atoms with Crippen LogP contribution in [0.4, 0.5) is 0 Å². The van der Waals surface area contributed by atoms with E-state index in [1.165, 1.54) is 18.7 Å². The zero-order valence-corrected chi connectivity index (χ0v) is 15.3. The number of aromatic nitrogens is 1. The average molecular weight is 353 g/mol. The number of nitrogens with zero attached hydrogens (tertiary/aromatic N) is 2. The number of nitrogens with two attached hydrogens (primary N) is 1. The molecule has 2 fully saturated rings. The highest BCUT2D eigenvalue weighted by Gasteiger charge is 2.54. The second-order valence-electron chi connectivity index (χ2n) is 7.42. The number of piperidine rings is 1. The van der Waals surface area contributed by atoms with Crippen molar-refractivity contribution >= 4 is 0 Å². The zero-order chi connectivity index (χ0) is 18.1. The van der Waals surface area contributed by atoms with Crippen LogP contribution in [0.5, 0.6) is 11.6 Å². The quantitative estimate of drug-likeness (QED) is 0.796. The van der Waals surface area contributed by atoms with Crippen molar-refractivity contribution in [3.63, 3.8) is 0 Å². The van der Waals surface area contributed by atoms with E-state index in [1.807, 2.05) is 18.2 Å². The Morgan fingerprint density at radius 3 is 2.92 bits per heavy atom. The van der Waals surface area contributed by atoms with Crippen LogP contribution in [0.25, 0.3) is 0 Å². The van der Waals surface area contributed by atoms with Crippen molar-refractivity contribution in [2.24, 2.45) is 23.5 Å². The number of allylic oxidation sites excluding steroid dienone is 1. The van der Waals surface area contributed by atoms with Gasteiger partial charge >= 0.3 is 0 Å². The number of fused-ring (bicyclic) bond motifs is 2. The molecular formula is C21H27N3O2. The molecule has 0 bridgehead atoms. The molecule has 0 radical (unpaired) electrons. The fraction of sp³-hybridized carbons (Fsp3) is 0.476. The molecule has 1 aromatic rings. The first kappa shape index (κ1) is 17.3. The third kappa shape index (κ3) is 3.41. The first-order valence-corrected chi connectivity index (χ1v) is 9.38. The summed E-state index contributed by atoms with van der Waals surface area (Å²) in [5.41, 5.74) is 8.00. The van der Waals surface area contributed by atoms with Crippen molar-refractivity contribution in [3.05, 3.63) is 54.3 Å². The molecule has 0 amide bonds. The average Bonchev–Trinajstić information content (AvgIpc) is 3.16. The second-order valence-corrected chi connectivity index (χ2v) is 7.42. The summed E-state index contributed by atoms with van der Waals surface area (Å²) in [5.74, 6) is 3.67. The Morgan fingerprint density at radius 1 is 1.38 bits per heavy atom. The Morgan fingerprint density at radius 2 is 2.19 bits per heavy atom. The highest BCUT2D eigenvalue weighted by atomic mass is 16.6. The van der Waals surface area contributed by atoms with E-state index in [9.17, 15) is 0 Å². The molecule has 3 aliphatic rings. The molecule has 2 N–H and O–H groups in total. The van der Waals surface area contributed by atoms with Crippen LogP contribution in [0, 0.1) is 17.8 Å². The lowest BCUT2D eigenvalue weighted by Crippen LogP contribution is -2.30. The molecule has 138 valence electrons. The number of pyridine rings is 1. The van der Waals surface area contributed by atoms with Crippen molar-refractivity contribution in [2.75, 3.05) is 32.8 Å². The molecule has 3 heterocycles. The lowest BCUT2D eigenvalue weighted by atomic mass is 10.1. The predicted octanol–water partition coefficient (Wildman–Crippen LogP) is 2.42. The zero-order valence-electron chi connectivity index (χ0n) is 15.3. The van der Waals surface area contributed by atoms with E-state index in [0.717, 1.165) is 36.4 Å². The molecule has 0 aromatic carbocycles. The van der Waals surface area contributed by atoms with Crippen molar-refractivity contribution in [1.82, 2.24) is 9.88 Å². The standard InChI is InChI=1S/C21H27N3O2/c1-3-15(10-24-11-17-16(9-22)18(17)12-24)7-6-14(2)20-13-25-19-5-4-8-23-21(19)26-20/h3-8,16-18,20H,2,9-13,22H2,1H3/b7-6-,15-3+/t16?,17-,18+,20-/m1/s1. The van der Waals surface area contributed by atoms with Gasteiger partial charge < -0.3 is 15.2 Å². The van der Waals surface area contributed by atoms with Gasteiger partial charge in [-0.25, -0.2) is 4.98 Å². The van der Waals surface area contributed by atoms with E-state index in [0.29, 0.717) is 18.2 Å². The van der Waals surface area contributed by atoms with Gasteiger partial charge in [0.15, 0.2) is 11.9 Å². The largest absolute Gasteiger partial charge is 0.484 e. The van der Waals surface area contributed by atoms with Crippen LogP contribution in [0.1, 0.15) is 6.92 Å². The van der Waals surface area contributed by atoms with Gasteiger partial charge in [0.05, 0.1) is 0 Å². The summed E-state index contributed by atoms with van der Waals surface area (Å²) in [6.45, 7) is 10.9. The topological polar surface area (TPSA) is 60.6 Å². The summed E-state index contributed by atoms with van der Waals surface area (Å²) in [7, 11) is 0. The molecule has 1 aliphatic carbocycles. The maximum atomic E-state index is 5.91. The van der Waals surface area contributed by atoms with Crippen LogP contribution in [0.3, 0.4) is 0 Å². The first-order chi connectivity index (χ1) is 12.7. The summed E-state index contributed by atoms with van der Waals surface area (Å²) in [6, 6.07) is 3.71. The van der Waals surface area contributed by atoms with Gasteiger partial charge in [-0.05, 0) is 54.5 Å². The van der Waals surface area contributed by atoms with E-state index in [4.69, 9.17) is 15.2 Å². The van der Waals surface area contributed by atoms with Crippen LogP contribution in [0.15, 0.2) is 54.3 Å². The van der Waals surface area contributed by atoms with Crippen LogP contribution >= 0.6 is 0 Å². The third-order valence-corrected chi connectivity index (χ3v) is 5.80. The van der Waals surface area contributed by atoms with E-state index in [2.05, 4.69) is 35.5 Å². The van der Waals surface area contributed by atoms with Crippen LogP contribution < -0.4 is 15.2 Å². The fourth-order valence-electron chi connectivity index (χ4n) is 4.13. The van der Waals surface area contributed by atoms with Crippen molar-refractivity contribution < 1.29 is 9.47 Å². The Bertz CT molecular complexity index is 731. The Balaban J connectivity index is 1.30. The molecule has 5 heteroatoms. The van der Waals surface area contributed by atoms with Crippen molar-refractivity contribution in [3.8, 4) is 11.6 Å². The van der Waals surface area contributed by atoms with Gasteiger partial charge in [-0.2, -0.15) is 0 Å². The smallest absolute Gasteiger partial charge is 0.257 e. The number of ether oxygens (including phenoxy) is 2. The maximum Gasteiger partial charge on any atom is 0.257 e. The lowest BCUT2D eigenvalue weighted by Gasteiger charge is -2.25.